The Morgan fingerprint density at radius 3 is 2.79 bits per heavy atom. The first kappa shape index (κ1) is 16.9. The van der Waals surface area contributed by atoms with Crippen LogP contribution in [0.15, 0.2) is 42.6 Å². The standard InChI is InChI=1S/C19H21ClN2O2/c1-13-10-15(6-8-21-13)19(24)22-9-7-18(23)16(12-22)11-14-2-4-17(20)5-3-14/h2-6,8,10,16,18,23H,7,9,11-12H2,1H3/t16-,18+/m1/s1. The Hall–Kier alpha value is -1.91. The first-order valence-electron chi connectivity index (χ1n) is 8.17. The van der Waals surface area contributed by atoms with Gasteiger partial charge in [-0.05, 0) is 49.6 Å². The molecule has 2 heterocycles. The maximum atomic E-state index is 12.7. The number of carbonyl (C=O) groups excluding carboxylic acids is 1. The lowest BCUT2D eigenvalue weighted by Gasteiger charge is -2.36. The number of aliphatic hydroxyl groups is 1. The zero-order chi connectivity index (χ0) is 17.1. The highest BCUT2D eigenvalue weighted by atomic mass is 35.5. The van der Waals surface area contributed by atoms with Crippen molar-refractivity contribution < 1.29 is 9.90 Å². The molecule has 0 radical (unpaired) electrons. The molecular formula is C19H21ClN2O2. The second-order valence-electron chi connectivity index (χ2n) is 6.38. The molecule has 0 unspecified atom stereocenters. The van der Waals surface area contributed by atoms with Gasteiger partial charge in [-0.1, -0.05) is 23.7 Å². The van der Waals surface area contributed by atoms with Crippen molar-refractivity contribution in [1.29, 1.82) is 0 Å². The fourth-order valence-corrected chi connectivity index (χ4v) is 3.32. The summed E-state index contributed by atoms with van der Waals surface area (Å²) in [7, 11) is 0. The molecule has 1 amide bonds. The molecular weight excluding hydrogens is 324 g/mol. The molecule has 1 aromatic carbocycles. The SMILES string of the molecule is Cc1cc(C(=O)N2CC[C@H](O)[C@H](Cc3ccc(Cl)cc3)C2)ccn1. The molecule has 0 bridgehead atoms. The van der Waals surface area contributed by atoms with Crippen molar-refractivity contribution in [2.24, 2.45) is 5.92 Å². The van der Waals surface area contributed by atoms with E-state index in [0.717, 1.165) is 17.7 Å². The summed E-state index contributed by atoms with van der Waals surface area (Å²) in [5, 5.41) is 11.0. The summed E-state index contributed by atoms with van der Waals surface area (Å²) in [5.74, 6) is 0.0420. The minimum Gasteiger partial charge on any atom is -0.393 e. The van der Waals surface area contributed by atoms with Crippen molar-refractivity contribution >= 4 is 17.5 Å². The van der Waals surface area contributed by atoms with Crippen LogP contribution in [-0.4, -0.2) is 40.1 Å². The van der Waals surface area contributed by atoms with Gasteiger partial charge in [-0.25, -0.2) is 0 Å². The molecule has 2 atom stereocenters. The zero-order valence-corrected chi connectivity index (χ0v) is 14.4. The second-order valence-corrected chi connectivity index (χ2v) is 6.82. The zero-order valence-electron chi connectivity index (χ0n) is 13.7. The summed E-state index contributed by atoms with van der Waals surface area (Å²) in [4.78, 5) is 18.7. The van der Waals surface area contributed by atoms with Gasteiger partial charge in [0.15, 0.2) is 0 Å². The second kappa shape index (κ2) is 7.32. The van der Waals surface area contributed by atoms with Crippen LogP contribution in [0.1, 0.15) is 28.0 Å². The average Bonchev–Trinajstić information content (AvgIpc) is 2.58. The van der Waals surface area contributed by atoms with Gasteiger partial charge in [0.2, 0.25) is 0 Å². The average molecular weight is 345 g/mol. The molecule has 2 aromatic rings. The first-order chi connectivity index (χ1) is 11.5. The summed E-state index contributed by atoms with van der Waals surface area (Å²) >= 11 is 5.92. The number of halogens is 1. The van der Waals surface area contributed by atoms with E-state index in [1.165, 1.54) is 0 Å². The number of likely N-dealkylation sites (tertiary alicyclic amines) is 1. The minimum atomic E-state index is -0.385. The molecule has 0 spiro atoms. The molecule has 0 aliphatic carbocycles. The topological polar surface area (TPSA) is 53.4 Å². The number of aliphatic hydroxyl groups excluding tert-OH is 1. The van der Waals surface area contributed by atoms with Crippen LogP contribution in [0.2, 0.25) is 5.02 Å². The molecule has 1 aliphatic heterocycles. The highest BCUT2D eigenvalue weighted by Crippen LogP contribution is 2.23. The van der Waals surface area contributed by atoms with Gasteiger partial charge < -0.3 is 10.0 Å². The fourth-order valence-electron chi connectivity index (χ4n) is 3.19. The Balaban J connectivity index is 1.70. The summed E-state index contributed by atoms with van der Waals surface area (Å²) < 4.78 is 0. The lowest BCUT2D eigenvalue weighted by molar-refractivity contribution is 0.0241. The van der Waals surface area contributed by atoms with E-state index in [9.17, 15) is 9.90 Å². The molecule has 126 valence electrons. The number of hydrogen-bond acceptors (Lipinski definition) is 3. The van der Waals surface area contributed by atoms with Crippen molar-refractivity contribution in [2.45, 2.75) is 25.9 Å². The molecule has 5 heteroatoms. The predicted molar refractivity (Wildman–Crippen MR) is 94.1 cm³/mol. The van der Waals surface area contributed by atoms with Crippen LogP contribution in [0.4, 0.5) is 0 Å². The molecule has 1 saturated heterocycles. The van der Waals surface area contributed by atoms with Gasteiger partial charge in [-0.2, -0.15) is 0 Å². The Labute approximate surface area is 147 Å². The van der Waals surface area contributed by atoms with Crippen molar-refractivity contribution in [1.82, 2.24) is 9.88 Å². The molecule has 3 rings (SSSR count). The van der Waals surface area contributed by atoms with Crippen LogP contribution in [0, 0.1) is 12.8 Å². The van der Waals surface area contributed by atoms with E-state index in [1.807, 2.05) is 42.2 Å². The van der Waals surface area contributed by atoms with Gasteiger partial charge in [0.25, 0.3) is 5.91 Å². The number of benzene rings is 1. The smallest absolute Gasteiger partial charge is 0.253 e. The minimum absolute atomic E-state index is 0.00788. The molecule has 0 saturated carbocycles. The number of aromatic nitrogens is 1. The van der Waals surface area contributed by atoms with Gasteiger partial charge in [-0.15, -0.1) is 0 Å². The number of rotatable bonds is 3. The Bertz CT molecular complexity index is 718. The van der Waals surface area contributed by atoms with Crippen LogP contribution >= 0.6 is 11.6 Å². The van der Waals surface area contributed by atoms with Crippen molar-refractivity contribution in [3.05, 3.63) is 64.4 Å². The number of nitrogens with zero attached hydrogens (tertiary/aromatic N) is 2. The largest absolute Gasteiger partial charge is 0.393 e. The van der Waals surface area contributed by atoms with Crippen LogP contribution < -0.4 is 0 Å². The van der Waals surface area contributed by atoms with Crippen LogP contribution in [0.5, 0.6) is 0 Å². The Morgan fingerprint density at radius 2 is 2.08 bits per heavy atom. The number of amides is 1. The van der Waals surface area contributed by atoms with Crippen molar-refractivity contribution in [3.63, 3.8) is 0 Å². The highest BCUT2D eigenvalue weighted by molar-refractivity contribution is 6.30. The van der Waals surface area contributed by atoms with E-state index in [0.29, 0.717) is 30.1 Å². The lowest BCUT2D eigenvalue weighted by atomic mass is 9.88. The molecule has 24 heavy (non-hydrogen) atoms. The Morgan fingerprint density at radius 1 is 1.33 bits per heavy atom. The third-order valence-electron chi connectivity index (χ3n) is 4.54. The molecule has 4 nitrogen and oxygen atoms in total. The van der Waals surface area contributed by atoms with E-state index < -0.39 is 0 Å². The van der Waals surface area contributed by atoms with Crippen LogP contribution in [0.25, 0.3) is 0 Å². The molecule has 1 aromatic heterocycles. The Kier molecular flexibility index (Phi) is 5.17. The quantitative estimate of drug-likeness (QED) is 0.930. The number of aryl methyl sites for hydroxylation is 1. The fraction of sp³-hybridized carbons (Fsp3) is 0.368. The number of hydrogen-bond donors (Lipinski definition) is 1. The number of pyridine rings is 1. The van der Waals surface area contributed by atoms with Crippen LogP contribution in [-0.2, 0) is 6.42 Å². The van der Waals surface area contributed by atoms with Crippen molar-refractivity contribution in [2.75, 3.05) is 13.1 Å². The summed E-state index contributed by atoms with van der Waals surface area (Å²) in [6, 6.07) is 11.2. The third-order valence-corrected chi connectivity index (χ3v) is 4.79. The van der Waals surface area contributed by atoms with E-state index in [2.05, 4.69) is 4.98 Å². The van der Waals surface area contributed by atoms with Gasteiger partial charge in [0.1, 0.15) is 0 Å². The van der Waals surface area contributed by atoms with Gasteiger partial charge >= 0.3 is 0 Å². The van der Waals surface area contributed by atoms with E-state index in [1.54, 1.807) is 12.3 Å². The number of piperidine rings is 1. The molecule has 1 fully saturated rings. The normalized spacial score (nSPS) is 20.9. The summed E-state index contributed by atoms with van der Waals surface area (Å²) in [5.41, 5.74) is 2.61. The third kappa shape index (κ3) is 3.94. The maximum Gasteiger partial charge on any atom is 0.253 e. The summed E-state index contributed by atoms with van der Waals surface area (Å²) in [6.07, 6.45) is 2.61. The first-order valence-corrected chi connectivity index (χ1v) is 8.55. The lowest BCUT2D eigenvalue weighted by Crippen LogP contribution is -2.46. The van der Waals surface area contributed by atoms with Gasteiger partial charge in [0.05, 0.1) is 6.10 Å². The van der Waals surface area contributed by atoms with Crippen LogP contribution in [0.3, 0.4) is 0 Å². The maximum absolute atomic E-state index is 12.7. The van der Waals surface area contributed by atoms with Gasteiger partial charge in [0, 0.05) is 41.5 Å². The van der Waals surface area contributed by atoms with E-state index >= 15 is 0 Å². The predicted octanol–water partition coefficient (Wildman–Crippen LogP) is 3.11. The van der Waals surface area contributed by atoms with E-state index in [4.69, 9.17) is 11.6 Å². The number of carbonyl (C=O) groups is 1. The summed E-state index contributed by atoms with van der Waals surface area (Å²) in [6.45, 7) is 3.02. The van der Waals surface area contributed by atoms with Crippen molar-refractivity contribution in [3.8, 4) is 0 Å². The molecule has 1 aliphatic rings. The monoisotopic (exact) mass is 344 g/mol. The van der Waals surface area contributed by atoms with Gasteiger partial charge in [-0.3, -0.25) is 9.78 Å². The molecule has 1 N–H and O–H groups in total. The highest BCUT2D eigenvalue weighted by Gasteiger charge is 2.30. The van der Waals surface area contributed by atoms with E-state index in [-0.39, 0.29) is 17.9 Å².